The van der Waals surface area contributed by atoms with Gasteiger partial charge < -0.3 is 10.2 Å². The molecule has 3 aliphatic rings. The van der Waals surface area contributed by atoms with Crippen molar-refractivity contribution in [1.29, 1.82) is 0 Å². The van der Waals surface area contributed by atoms with Gasteiger partial charge in [-0.1, -0.05) is 36.4 Å². The maximum atomic E-state index is 10.4. The molecule has 1 unspecified atom stereocenters. The Kier molecular flexibility index (Phi) is 2.16. The summed E-state index contributed by atoms with van der Waals surface area (Å²) >= 11 is 0. The highest BCUT2D eigenvalue weighted by molar-refractivity contribution is 5.55. The summed E-state index contributed by atoms with van der Waals surface area (Å²) in [4.78, 5) is 0. The molecule has 19 heavy (non-hydrogen) atoms. The predicted molar refractivity (Wildman–Crippen MR) is 73.6 cm³/mol. The van der Waals surface area contributed by atoms with Crippen LogP contribution in [0.1, 0.15) is 36.8 Å². The van der Waals surface area contributed by atoms with Crippen LogP contribution in [0.15, 0.2) is 47.6 Å². The van der Waals surface area contributed by atoms with Crippen molar-refractivity contribution in [2.75, 3.05) is 0 Å². The molecule has 0 fully saturated rings. The second kappa shape index (κ2) is 3.59. The molecule has 0 heterocycles. The summed E-state index contributed by atoms with van der Waals surface area (Å²) in [5.41, 5.74) is 4.60. The molecule has 2 nitrogen and oxygen atoms in total. The zero-order valence-electron chi connectivity index (χ0n) is 10.9. The van der Waals surface area contributed by atoms with Crippen LogP contribution in [-0.4, -0.2) is 16.0 Å². The molecular formula is C17H18O2. The van der Waals surface area contributed by atoms with Crippen LogP contribution < -0.4 is 0 Å². The second-order valence-corrected chi connectivity index (χ2v) is 6.06. The lowest BCUT2D eigenvalue weighted by molar-refractivity contribution is -0.133. The van der Waals surface area contributed by atoms with E-state index < -0.39 is 5.79 Å². The van der Waals surface area contributed by atoms with Crippen molar-refractivity contribution in [3.05, 3.63) is 58.7 Å². The van der Waals surface area contributed by atoms with E-state index in [-0.39, 0.29) is 5.41 Å². The summed E-state index contributed by atoms with van der Waals surface area (Å²) in [7, 11) is 0. The van der Waals surface area contributed by atoms with Crippen LogP contribution in [0.3, 0.4) is 0 Å². The number of aryl methyl sites for hydroxylation is 1. The summed E-state index contributed by atoms with van der Waals surface area (Å²) in [6, 6.07) is 8.50. The molecule has 98 valence electrons. The molecule has 0 amide bonds. The van der Waals surface area contributed by atoms with Crippen molar-refractivity contribution in [3.63, 3.8) is 0 Å². The van der Waals surface area contributed by atoms with Crippen molar-refractivity contribution in [1.82, 2.24) is 0 Å². The summed E-state index contributed by atoms with van der Waals surface area (Å²) in [5, 5.41) is 20.9. The van der Waals surface area contributed by atoms with Gasteiger partial charge >= 0.3 is 0 Å². The highest BCUT2D eigenvalue weighted by atomic mass is 16.5. The van der Waals surface area contributed by atoms with Gasteiger partial charge in [-0.05, 0) is 42.4 Å². The minimum atomic E-state index is -1.65. The first-order valence-electron chi connectivity index (χ1n) is 7.07. The average Bonchev–Trinajstić information content (AvgIpc) is 2.95. The van der Waals surface area contributed by atoms with Crippen LogP contribution in [0.2, 0.25) is 0 Å². The van der Waals surface area contributed by atoms with Crippen LogP contribution in [0.4, 0.5) is 0 Å². The Balaban J connectivity index is 1.95. The van der Waals surface area contributed by atoms with Crippen LogP contribution >= 0.6 is 0 Å². The SMILES string of the molecule is OC1(O)CC=CC2=C1C1(CC2)CCc2ccccc21. The maximum Gasteiger partial charge on any atom is 0.190 e. The third kappa shape index (κ3) is 1.39. The Hall–Kier alpha value is -1.38. The van der Waals surface area contributed by atoms with E-state index in [9.17, 15) is 10.2 Å². The topological polar surface area (TPSA) is 40.5 Å². The van der Waals surface area contributed by atoms with Crippen molar-refractivity contribution < 1.29 is 10.2 Å². The van der Waals surface area contributed by atoms with Gasteiger partial charge in [-0.15, -0.1) is 0 Å². The number of benzene rings is 1. The first kappa shape index (κ1) is 11.4. The number of fused-ring (bicyclic) bond motifs is 3. The molecular weight excluding hydrogens is 236 g/mol. The Morgan fingerprint density at radius 3 is 2.68 bits per heavy atom. The first-order chi connectivity index (χ1) is 9.13. The van der Waals surface area contributed by atoms with Crippen molar-refractivity contribution in [3.8, 4) is 0 Å². The fourth-order valence-corrected chi connectivity index (χ4v) is 4.39. The Morgan fingerprint density at radius 1 is 1.00 bits per heavy atom. The normalized spacial score (nSPS) is 30.8. The van der Waals surface area contributed by atoms with Gasteiger partial charge in [-0.2, -0.15) is 0 Å². The third-order valence-corrected chi connectivity index (χ3v) is 5.10. The van der Waals surface area contributed by atoms with Gasteiger partial charge in [-0.3, -0.25) is 0 Å². The van der Waals surface area contributed by atoms with E-state index in [1.165, 1.54) is 11.1 Å². The second-order valence-electron chi connectivity index (χ2n) is 6.06. The smallest absolute Gasteiger partial charge is 0.190 e. The molecule has 0 saturated heterocycles. The minimum absolute atomic E-state index is 0.125. The molecule has 1 aromatic carbocycles. The molecule has 3 aliphatic carbocycles. The molecule has 1 atom stereocenters. The summed E-state index contributed by atoms with van der Waals surface area (Å²) < 4.78 is 0. The quantitative estimate of drug-likeness (QED) is 0.699. The van der Waals surface area contributed by atoms with Crippen LogP contribution in [0, 0.1) is 0 Å². The van der Waals surface area contributed by atoms with Gasteiger partial charge in [0.25, 0.3) is 0 Å². The van der Waals surface area contributed by atoms with E-state index in [1.54, 1.807) is 0 Å². The van der Waals surface area contributed by atoms with E-state index in [1.807, 2.05) is 6.08 Å². The Labute approximate surface area is 113 Å². The van der Waals surface area contributed by atoms with Crippen molar-refractivity contribution >= 4 is 0 Å². The third-order valence-electron chi connectivity index (χ3n) is 5.10. The lowest BCUT2D eigenvalue weighted by Crippen LogP contribution is -2.41. The first-order valence-corrected chi connectivity index (χ1v) is 7.07. The maximum absolute atomic E-state index is 10.4. The number of hydrogen-bond donors (Lipinski definition) is 2. The predicted octanol–water partition coefficient (Wildman–Crippen LogP) is 2.60. The molecule has 0 saturated carbocycles. The Morgan fingerprint density at radius 2 is 1.79 bits per heavy atom. The summed E-state index contributed by atoms with van der Waals surface area (Å²) in [6.45, 7) is 0. The Bertz CT molecular complexity index is 609. The van der Waals surface area contributed by atoms with E-state index in [0.29, 0.717) is 6.42 Å². The van der Waals surface area contributed by atoms with Crippen LogP contribution in [0.5, 0.6) is 0 Å². The largest absolute Gasteiger partial charge is 0.362 e. The van der Waals surface area contributed by atoms with Crippen LogP contribution in [0.25, 0.3) is 0 Å². The molecule has 2 N–H and O–H groups in total. The van der Waals surface area contributed by atoms with Crippen molar-refractivity contribution in [2.24, 2.45) is 0 Å². The standard InChI is InChI=1S/C17H18O2/c18-17(19)9-3-5-13-8-11-16(15(13)17)10-7-12-4-1-2-6-14(12)16/h1-6,18-19H,7-11H2. The summed E-state index contributed by atoms with van der Waals surface area (Å²) in [5.74, 6) is -1.65. The fraction of sp³-hybridized carbons (Fsp3) is 0.412. The van der Waals surface area contributed by atoms with Crippen LogP contribution in [-0.2, 0) is 11.8 Å². The molecule has 0 aromatic heterocycles. The van der Waals surface area contributed by atoms with Gasteiger partial charge in [0.2, 0.25) is 0 Å². The molecule has 1 spiro atoms. The highest BCUT2D eigenvalue weighted by Gasteiger charge is 2.53. The highest BCUT2D eigenvalue weighted by Crippen LogP contribution is 2.57. The number of hydrogen-bond acceptors (Lipinski definition) is 2. The average molecular weight is 254 g/mol. The minimum Gasteiger partial charge on any atom is -0.362 e. The molecule has 0 bridgehead atoms. The fourth-order valence-electron chi connectivity index (χ4n) is 4.39. The van der Waals surface area contributed by atoms with Gasteiger partial charge in [0, 0.05) is 17.4 Å². The van der Waals surface area contributed by atoms with Gasteiger partial charge in [0.05, 0.1) is 0 Å². The van der Waals surface area contributed by atoms with E-state index in [0.717, 1.165) is 36.8 Å². The number of rotatable bonds is 0. The molecule has 1 aromatic rings. The number of allylic oxidation sites excluding steroid dienone is 2. The lowest BCUT2D eigenvalue weighted by atomic mass is 9.71. The van der Waals surface area contributed by atoms with Gasteiger partial charge in [0.1, 0.15) is 0 Å². The van der Waals surface area contributed by atoms with Gasteiger partial charge in [0.15, 0.2) is 5.79 Å². The lowest BCUT2D eigenvalue weighted by Gasteiger charge is -2.37. The van der Waals surface area contributed by atoms with Crippen molar-refractivity contribution in [2.45, 2.75) is 43.3 Å². The number of aliphatic hydroxyl groups is 2. The molecule has 0 radical (unpaired) electrons. The monoisotopic (exact) mass is 254 g/mol. The zero-order chi connectivity index (χ0) is 13.1. The van der Waals surface area contributed by atoms with Gasteiger partial charge in [-0.25, -0.2) is 0 Å². The molecule has 2 heteroatoms. The zero-order valence-corrected chi connectivity index (χ0v) is 10.9. The summed E-state index contributed by atoms with van der Waals surface area (Å²) in [6.07, 6.45) is 8.34. The molecule has 0 aliphatic heterocycles. The van der Waals surface area contributed by atoms with E-state index in [2.05, 4.69) is 30.3 Å². The van der Waals surface area contributed by atoms with E-state index >= 15 is 0 Å². The molecule has 4 rings (SSSR count). The van der Waals surface area contributed by atoms with E-state index in [4.69, 9.17) is 0 Å².